The van der Waals surface area contributed by atoms with Gasteiger partial charge in [-0.1, -0.05) is 36.4 Å². The first-order valence-corrected chi connectivity index (χ1v) is 10.7. The van der Waals surface area contributed by atoms with Crippen molar-refractivity contribution in [3.05, 3.63) is 75.3 Å². The van der Waals surface area contributed by atoms with E-state index in [1.165, 1.54) is 50.0 Å². The van der Waals surface area contributed by atoms with E-state index in [1.54, 1.807) is 30.5 Å². The minimum absolute atomic E-state index is 0.161. The molecule has 10 heteroatoms. The van der Waals surface area contributed by atoms with E-state index in [4.69, 9.17) is 9.47 Å². The Morgan fingerprint density at radius 1 is 1.06 bits per heavy atom. The van der Waals surface area contributed by atoms with Crippen LogP contribution in [0.4, 0.5) is 5.69 Å². The van der Waals surface area contributed by atoms with E-state index in [-0.39, 0.29) is 11.5 Å². The maximum atomic E-state index is 13.8. The van der Waals surface area contributed by atoms with Crippen LogP contribution in [-0.2, 0) is 23.9 Å². The van der Waals surface area contributed by atoms with Crippen molar-refractivity contribution in [2.75, 3.05) is 0 Å². The Labute approximate surface area is 194 Å². The summed E-state index contributed by atoms with van der Waals surface area (Å²) < 4.78 is 11.2. The molecule has 0 N–H and O–H groups in total. The Morgan fingerprint density at radius 3 is 2.26 bits per heavy atom. The summed E-state index contributed by atoms with van der Waals surface area (Å²) in [6.07, 6.45) is 1.58. The smallest absolute Gasteiger partial charge is 0.330 e. The average molecular weight is 463 g/mol. The van der Waals surface area contributed by atoms with Crippen LogP contribution < -0.4 is 0 Å². The predicted octanol–water partition coefficient (Wildman–Crippen LogP) is 2.86. The van der Waals surface area contributed by atoms with E-state index in [0.29, 0.717) is 16.7 Å². The lowest BCUT2D eigenvalue weighted by Gasteiger charge is -2.44. The highest BCUT2D eigenvalue weighted by molar-refractivity contribution is 6.07. The molecule has 3 heterocycles. The molecule has 3 atom stereocenters. The summed E-state index contributed by atoms with van der Waals surface area (Å²) in [5.41, 5.74) is -0.412. The Kier molecular flexibility index (Phi) is 4.61. The highest BCUT2D eigenvalue weighted by atomic mass is 16.7. The third kappa shape index (κ3) is 2.87. The van der Waals surface area contributed by atoms with Crippen LogP contribution in [0, 0.1) is 15.5 Å². The molecule has 2 aromatic carbocycles. The number of nitrogens with zero attached hydrogens (tertiary/aromatic N) is 3. The molecular formula is C24H21N3O7. The highest BCUT2D eigenvalue weighted by Crippen LogP contribution is 2.62. The van der Waals surface area contributed by atoms with Gasteiger partial charge in [0.1, 0.15) is 12.1 Å². The van der Waals surface area contributed by atoms with Crippen LogP contribution in [0.3, 0.4) is 0 Å². The van der Waals surface area contributed by atoms with E-state index in [0.717, 1.165) is 0 Å². The first-order valence-electron chi connectivity index (χ1n) is 10.7. The second-order valence-electron chi connectivity index (χ2n) is 9.09. The number of non-ortho nitro benzene ring substituents is 1. The van der Waals surface area contributed by atoms with Crippen molar-refractivity contribution in [2.45, 2.75) is 44.6 Å². The first-order chi connectivity index (χ1) is 16.1. The van der Waals surface area contributed by atoms with Crippen molar-refractivity contribution < 1.29 is 28.8 Å². The van der Waals surface area contributed by atoms with Gasteiger partial charge in [-0.2, -0.15) is 5.10 Å². The summed E-state index contributed by atoms with van der Waals surface area (Å²) in [6, 6.07) is 10.6. The third-order valence-electron chi connectivity index (χ3n) is 6.64. The number of fused-ring (bicyclic) bond motifs is 4. The van der Waals surface area contributed by atoms with Gasteiger partial charge in [-0.3, -0.25) is 29.5 Å². The molecule has 3 aliphatic heterocycles. The van der Waals surface area contributed by atoms with Crippen LogP contribution in [0.15, 0.2) is 53.6 Å². The lowest BCUT2D eigenvalue weighted by molar-refractivity contribution is -0.384. The predicted molar refractivity (Wildman–Crippen MR) is 118 cm³/mol. The molecule has 0 bridgehead atoms. The summed E-state index contributed by atoms with van der Waals surface area (Å²) in [7, 11) is 0. The molecule has 5 rings (SSSR count). The summed E-state index contributed by atoms with van der Waals surface area (Å²) in [4.78, 5) is 51.3. The molecule has 2 fully saturated rings. The number of hydrogen-bond donors (Lipinski definition) is 0. The number of benzene rings is 2. The topological polar surface area (TPSA) is 128 Å². The van der Waals surface area contributed by atoms with Gasteiger partial charge >= 0.3 is 11.9 Å². The quantitative estimate of drug-likeness (QED) is 0.294. The fourth-order valence-corrected chi connectivity index (χ4v) is 5.34. The number of nitro benzene ring substituents is 1. The average Bonchev–Trinajstić information content (AvgIpc) is 3.10. The summed E-state index contributed by atoms with van der Waals surface area (Å²) in [5.74, 6) is -4.54. The van der Waals surface area contributed by atoms with Crippen molar-refractivity contribution in [1.82, 2.24) is 5.01 Å². The van der Waals surface area contributed by atoms with Crippen LogP contribution in [-0.4, -0.2) is 45.7 Å². The van der Waals surface area contributed by atoms with Crippen LogP contribution in [0.5, 0.6) is 0 Å². The van der Waals surface area contributed by atoms with Gasteiger partial charge in [0.15, 0.2) is 5.78 Å². The van der Waals surface area contributed by atoms with E-state index in [1.807, 2.05) is 0 Å². The van der Waals surface area contributed by atoms with Gasteiger partial charge in [0, 0.05) is 31.9 Å². The second-order valence-corrected chi connectivity index (χ2v) is 9.09. The molecule has 34 heavy (non-hydrogen) atoms. The second kappa shape index (κ2) is 7.21. The highest BCUT2D eigenvalue weighted by Gasteiger charge is 2.74. The first kappa shape index (κ1) is 21.7. The van der Waals surface area contributed by atoms with Crippen molar-refractivity contribution in [1.29, 1.82) is 0 Å². The molecule has 0 saturated carbocycles. The summed E-state index contributed by atoms with van der Waals surface area (Å²) >= 11 is 0. The zero-order valence-electron chi connectivity index (χ0n) is 18.6. The molecule has 0 aliphatic carbocycles. The van der Waals surface area contributed by atoms with Crippen molar-refractivity contribution in [3.8, 4) is 0 Å². The van der Waals surface area contributed by atoms with Crippen molar-refractivity contribution in [2.24, 2.45) is 10.5 Å². The maximum Gasteiger partial charge on any atom is 0.330 e. The van der Waals surface area contributed by atoms with Gasteiger partial charge in [0.25, 0.3) is 11.5 Å². The minimum atomic E-state index is -1.96. The normalized spacial score (nSPS) is 25.9. The van der Waals surface area contributed by atoms with E-state index < -0.39 is 46.1 Å². The Balaban J connectivity index is 1.80. The lowest BCUT2D eigenvalue weighted by atomic mass is 9.65. The number of hydrogen-bond acceptors (Lipinski definition) is 9. The molecule has 3 aliphatic rings. The molecule has 1 unspecified atom stereocenters. The number of Topliss-reactive ketones (excluding diaryl/α,β-unsaturated/α-hetero) is 1. The SMILES string of the molecule is CC(=O)[C@@H]1[C@@H](c2ccc([N+](=O)[O-])cc2)C2(C(=O)OC(C)(C)OC2=O)C2c3ccccc3C=NN21. The van der Waals surface area contributed by atoms with Crippen LogP contribution in [0.2, 0.25) is 0 Å². The van der Waals surface area contributed by atoms with Gasteiger partial charge in [-0.25, -0.2) is 0 Å². The van der Waals surface area contributed by atoms with E-state index >= 15 is 0 Å². The standard InChI is InChI=1S/C24H21N3O7/c1-13(28)19-18(14-8-10-16(11-9-14)27(31)32)24(21(29)33-23(2,3)34-22(24)30)20-17-7-5-4-6-15(17)12-25-26(19)20/h4-12,18-20H,1-3H3/t18-,19-,20?/m1/s1. The fraction of sp³-hybridized carbons (Fsp3) is 0.333. The van der Waals surface area contributed by atoms with Crippen molar-refractivity contribution >= 4 is 29.6 Å². The third-order valence-corrected chi connectivity index (χ3v) is 6.64. The molecule has 10 nitrogen and oxygen atoms in total. The number of ether oxygens (including phenoxy) is 2. The maximum absolute atomic E-state index is 13.8. The number of ketones is 1. The number of nitro groups is 1. The lowest BCUT2D eigenvalue weighted by Crippen LogP contribution is -2.58. The Morgan fingerprint density at radius 2 is 1.68 bits per heavy atom. The number of rotatable bonds is 3. The molecule has 174 valence electrons. The molecule has 0 amide bonds. The van der Waals surface area contributed by atoms with Gasteiger partial charge in [0.05, 0.1) is 11.1 Å². The zero-order valence-corrected chi connectivity index (χ0v) is 18.6. The van der Waals surface area contributed by atoms with Crippen LogP contribution in [0.1, 0.15) is 49.4 Å². The summed E-state index contributed by atoms with van der Waals surface area (Å²) in [6.45, 7) is 4.27. The largest absolute Gasteiger partial charge is 0.422 e. The van der Waals surface area contributed by atoms with Crippen LogP contribution >= 0.6 is 0 Å². The Hall–Kier alpha value is -4.08. The molecule has 0 radical (unpaired) electrons. The van der Waals surface area contributed by atoms with Gasteiger partial charge in [0.2, 0.25) is 5.41 Å². The zero-order chi connectivity index (χ0) is 24.4. The van der Waals surface area contributed by atoms with Crippen LogP contribution in [0.25, 0.3) is 0 Å². The Bertz CT molecular complexity index is 1250. The summed E-state index contributed by atoms with van der Waals surface area (Å²) in [5, 5.41) is 17.1. The molecular weight excluding hydrogens is 442 g/mol. The van der Waals surface area contributed by atoms with E-state index in [2.05, 4.69) is 5.10 Å². The van der Waals surface area contributed by atoms with Gasteiger partial charge in [-0.05, 0) is 23.6 Å². The number of hydrazone groups is 1. The monoisotopic (exact) mass is 463 g/mol. The molecule has 2 aromatic rings. The minimum Gasteiger partial charge on any atom is -0.422 e. The molecule has 2 saturated heterocycles. The number of esters is 2. The van der Waals surface area contributed by atoms with Gasteiger partial charge in [-0.15, -0.1) is 0 Å². The number of cyclic esters (lactones) is 2. The molecule has 0 aromatic heterocycles. The number of carbonyl (C=O) groups excluding carboxylic acids is 3. The fourth-order valence-electron chi connectivity index (χ4n) is 5.34. The van der Waals surface area contributed by atoms with Crippen molar-refractivity contribution in [3.63, 3.8) is 0 Å². The number of carbonyl (C=O) groups is 3. The van der Waals surface area contributed by atoms with E-state index in [9.17, 15) is 24.5 Å². The van der Waals surface area contributed by atoms with Gasteiger partial charge < -0.3 is 9.47 Å². The molecule has 1 spiro atoms.